The predicted molar refractivity (Wildman–Crippen MR) is 113 cm³/mol. The molecule has 0 radical (unpaired) electrons. The molecule has 28 heavy (non-hydrogen) atoms. The maximum Gasteiger partial charge on any atom is 0.238 e. The Labute approximate surface area is 169 Å². The minimum atomic E-state index is -0.541. The third-order valence-corrected chi connectivity index (χ3v) is 5.85. The van der Waals surface area contributed by atoms with Gasteiger partial charge < -0.3 is 10.1 Å². The van der Waals surface area contributed by atoms with Crippen molar-refractivity contribution in [3.8, 4) is 5.75 Å². The molecule has 1 fully saturated rings. The molecule has 2 aromatic rings. The molecule has 1 aliphatic heterocycles. The molecular weight excluding hydrogens is 374 g/mol. The second kappa shape index (κ2) is 8.48. The van der Waals surface area contributed by atoms with Crippen LogP contribution in [0.25, 0.3) is 0 Å². The molecule has 0 bridgehead atoms. The number of thioether (sulfide) groups is 1. The van der Waals surface area contributed by atoms with Gasteiger partial charge >= 0.3 is 0 Å². The summed E-state index contributed by atoms with van der Waals surface area (Å²) in [6, 6.07) is 13.0. The van der Waals surface area contributed by atoms with Gasteiger partial charge in [-0.3, -0.25) is 14.5 Å². The molecule has 0 spiro atoms. The van der Waals surface area contributed by atoms with E-state index in [9.17, 15) is 9.59 Å². The molecule has 2 amide bonds. The highest BCUT2D eigenvalue weighted by atomic mass is 32.2. The highest BCUT2D eigenvalue weighted by Crippen LogP contribution is 2.30. The molecule has 1 heterocycles. The molecule has 1 unspecified atom stereocenters. The smallest absolute Gasteiger partial charge is 0.238 e. The van der Waals surface area contributed by atoms with Crippen molar-refractivity contribution in [1.82, 2.24) is 4.90 Å². The number of methoxy groups -OCH3 is 1. The summed E-state index contributed by atoms with van der Waals surface area (Å²) in [4.78, 5) is 31.2. The zero-order valence-electron chi connectivity index (χ0n) is 16.4. The number of aryl methyl sites for hydroxylation is 2. The normalized spacial score (nSPS) is 18.3. The van der Waals surface area contributed by atoms with Gasteiger partial charge in [0.2, 0.25) is 11.8 Å². The number of ether oxygens (including phenoxy) is 1. The fraction of sp³-hybridized carbons (Fsp3) is 0.286. The Kier molecular flexibility index (Phi) is 6.04. The molecule has 0 aromatic heterocycles. The van der Waals surface area contributed by atoms with Gasteiger partial charge in [-0.25, -0.2) is 4.99 Å². The monoisotopic (exact) mass is 397 g/mol. The first kappa shape index (κ1) is 19.9. The van der Waals surface area contributed by atoms with Gasteiger partial charge in [-0.1, -0.05) is 23.9 Å². The molecule has 1 aliphatic rings. The maximum atomic E-state index is 12.7. The van der Waals surface area contributed by atoms with E-state index in [1.165, 1.54) is 22.2 Å². The van der Waals surface area contributed by atoms with Gasteiger partial charge in [-0.15, -0.1) is 0 Å². The van der Waals surface area contributed by atoms with Crippen LogP contribution in [0.2, 0.25) is 0 Å². The number of anilines is 1. The maximum absolute atomic E-state index is 12.7. The Hall–Kier alpha value is -2.80. The number of nitrogens with zero attached hydrogens (tertiary/aromatic N) is 2. The number of nitrogens with one attached hydrogen (secondary N) is 1. The van der Waals surface area contributed by atoms with Crippen molar-refractivity contribution >= 4 is 40.1 Å². The largest absolute Gasteiger partial charge is 0.497 e. The Morgan fingerprint density at radius 2 is 2.00 bits per heavy atom. The number of amides is 2. The van der Waals surface area contributed by atoms with E-state index in [1.807, 2.05) is 32.0 Å². The zero-order valence-corrected chi connectivity index (χ0v) is 17.2. The van der Waals surface area contributed by atoms with Gasteiger partial charge in [0.05, 0.1) is 12.8 Å². The van der Waals surface area contributed by atoms with E-state index in [1.54, 1.807) is 38.4 Å². The molecule has 2 aromatic carbocycles. The third-order valence-electron chi connectivity index (χ3n) is 4.61. The van der Waals surface area contributed by atoms with E-state index in [2.05, 4.69) is 10.3 Å². The van der Waals surface area contributed by atoms with Crippen molar-refractivity contribution in [1.29, 1.82) is 0 Å². The van der Waals surface area contributed by atoms with Crippen LogP contribution in [0.15, 0.2) is 47.5 Å². The van der Waals surface area contributed by atoms with Gasteiger partial charge in [-0.05, 0) is 49.2 Å². The average Bonchev–Trinajstić information content (AvgIpc) is 2.68. The van der Waals surface area contributed by atoms with Gasteiger partial charge in [0, 0.05) is 25.2 Å². The quantitative estimate of drug-likeness (QED) is 0.849. The summed E-state index contributed by atoms with van der Waals surface area (Å²) in [5.74, 6) is 0.293. The third kappa shape index (κ3) is 4.54. The molecule has 7 heteroatoms. The number of amidine groups is 1. The van der Waals surface area contributed by atoms with Crippen LogP contribution < -0.4 is 10.1 Å². The number of hydrogen-bond acceptors (Lipinski definition) is 5. The summed E-state index contributed by atoms with van der Waals surface area (Å²) >= 11 is 1.30. The van der Waals surface area contributed by atoms with Gasteiger partial charge in [-0.2, -0.15) is 0 Å². The van der Waals surface area contributed by atoms with Crippen molar-refractivity contribution in [2.75, 3.05) is 19.5 Å². The Morgan fingerprint density at radius 1 is 1.21 bits per heavy atom. The summed E-state index contributed by atoms with van der Waals surface area (Å²) in [6.07, 6.45) is 0.128. The fourth-order valence-corrected chi connectivity index (χ4v) is 3.79. The minimum Gasteiger partial charge on any atom is -0.497 e. The lowest BCUT2D eigenvalue weighted by Gasteiger charge is -2.28. The first-order chi connectivity index (χ1) is 13.4. The molecule has 1 N–H and O–H groups in total. The molecule has 1 saturated heterocycles. The molecule has 3 rings (SSSR count). The van der Waals surface area contributed by atoms with Crippen LogP contribution in [0.4, 0.5) is 11.4 Å². The first-order valence-electron chi connectivity index (χ1n) is 8.91. The number of carbonyl (C=O) groups is 2. The molecule has 6 nitrogen and oxygen atoms in total. The summed E-state index contributed by atoms with van der Waals surface area (Å²) in [5.41, 5.74) is 3.70. The van der Waals surface area contributed by atoms with E-state index >= 15 is 0 Å². The standard InChI is InChI=1S/C21H23N3O3S/c1-13-8-9-16(10-14(13)2)23-21-24(3)19(25)12-18(28-21)20(26)22-15-6-5-7-17(11-15)27-4/h5-11,18H,12H2,1-4H3,(H,22,26). The topological polar surface area (TPSA) is 71.0 Å². The second-order valence-corrected chi connectivity index (χ2v) is 7.82. The summed E-state index contributed by atoms with van der Waals surface area (Å²) in [6.45, 7) is 4.06. The highest BCUT2D eigenvalue weighted by Gasteiger charge is 2.34. The van der Waals surface area contributed by atoms with E-state index in [0.717, 1.165) is 11.3 Å². The Bertz CT molecular complexity index is 942. The lowest BCUT2D eigenvalue weighted by Crippen LogP contribution is -2.43. The molecule has 146 valence electrons. The van der Waals surface area contributed by atoms with E-state index in [0.29, 0.717) is 16.6 Å². The van der Waals surface area contributed by atoms with E-state index < -0.39 is 5.25 Å². The van der Waals surface area contributed by atoms with Crippen molar-refractivity contribution in [2.24, 2.45) is 4.99 Å². The SMILES string of the molecule is COc1cccc(NC(=O)C2CC(=O)N(C)C(=Nc3ccc(C)c(C)c3)S2)c1. The first-order valence-corrected chi connectivity index (χ1v) is 9.79. The highest BCUT2D eigenvalue weighted by molar-refractivity contribution is 8.15. The van der Waals surface area contributed by atoms with Crippen LogP contribution in [0, 0.1) is 13.8 Å². The molecule has 1 atom stereocenters. The average molecular weight is 398 g/mol. The van der Waals surface area contributed by atoms with Crippen LogP contribution >= 0.6 is 11.8 Å². The van der Waals surface area contributed by atoms with Crippen LogP contribution in [-0.4, -0.2) is 41.3 Å². The van der Waals surface area contributed by atoms with Crippen LogP contribution in [-0.2, 0) is 9.59 Å². The fourth-order valence-electron chi connectivity index (χ4n) is 2.73. The van der Waals surface area contributed by atoms with E-state index in [-0.39, 0.29) is 18.2 Å². The van der Waals surface area contributed by atoms with Crippen LogP contribution in [0.5, 0.6) is 5.75 Å². The summed E-state index contributed by atoms with van der Waals surface area (Å²) in [7, 11) is 3.26. The van der Waals surface area contributed by atoms with Crippen LogP contribution in [0.1, 0.15) is 17.5 Å². The Balaban J connectivity index is 1.79. The van der Waals surface area contributed by atoms with Crippen LogP contribution in [0.3, 0.4) is 0 Å². The minimum absolute atomic E-state index is 0.128. The van der Waals surface area contributed by atoms with E-state index in [4.69, 9.17) is 4.74 Å². The summed E-state index contributed by atoms with van der Waals surface area (Å²) in [5, 5.41) is 2.83. The molecule has 0 saturated carbocycles. The van der Waals surface area contributed by atoms with Crippen molar-refractivity contribution in [3.05, 3.63) is 53.6 Å². The predicted octanol–water partition coefficient (Wildman–Crippen LogP) is 3.90. The number of aliphatic imine (C=N–C) groups is 1. The Morgan fingerprint density at radius 3 is 2.71 bits per heavy atom. The molecule has 0 aliphatic carbocycles. The summed E-state index contributed by atoms with van der Waals surface area (Å²) < 4.78 is 5.18. The second-order valence-electron chi connectivity index (χ2n) is 6.65. The number of benzene rings is 2. The lowest BCUT2D eigenvalue weighted by molar-refractivity contribution is -0.128. The number of carbonyl (C=O) groups excluding carboxylic acids is 2. The van der Waals surface area contributed by atoms with Crippen molar-refractivity contribution < 1.29 is 14.3 Å². The lowest BCUT2D eigenvalue weighted by atomic mass is 10.1. The van der Waals surface area contributed by atoms with Gasteiger partial charge in [0.1, 0.15) is 11.0 Å². The van der Waals surface area contributed by atoms with Crippen molar-refractivity contribution in [3.63, 3.8) is 0 Å². The zero-order chi connectivity index (χ0) is 20.3. The van der Waals surface area contributed by atoms with Gasteiger partial charge in [0.25, 0.3) is 0 Å². The number of hydrogen-bond donors (Lipinski definition) is 1. The number of rotatable bonds is 4. The molecular formula is C21H23N3O3S. The van der Waals surface area contributed by atoms with Crippen molar-refractivity contribution in [2.45, 2.75) is 25.5 Å². The van der Waals surface area contributed by atoms with Gasteiger partial charge in [0.15, 0.2) is 5.17 Å².